The van der Waals surface area contributed by atoms with Crippen LogP contribution in [-0.4, -0.2) is 4.98 Å². The Balaban J connectivity index is 1.95. The maximum Gasteiger partial charge on any atom is 0.0982 e. The zero-order chi connectivity index (χ0) is 14.6. The minimum atomic E-state index is 0.113. The average molecular weight is 285 g/mol. The van der Waals surface area contributed by atoms with Crippen molar-refractivity contribution >= 4 is 17.0 Å². The minimum Gasteiger partial charge on any atom is -0.379 e. The van der Waals surface area contributed by atoms with E-state index in [2.05, 4.69) is 42.5 Å². The van der Waals surface area contributed by atoms with Crippen LogP contribution >= 0.6 is 11.3 Å². The summed E-state index contributed by atoms with van der Waals surface area (Å²) in [6.07, 6.45) is 0.460. The third-order valence-corrected chi connectivity index (χ3v) is 4.22. The van der Waals surface area contributed by atoms with Crippen molar-refractivity contribution in [2.45, 2.75) is 39.2 Å². The fraction of sp³-hybridized carbons (Fsp3) is 0.375. The molecule has 0 amide bonds. The van der Waals surface area contributed by atoms with E-state index in [1.54, 1.807) is 11.3 Å². The van der Waals surface area contributed by atoms with Crippen molar-refractivity contribution in [2.24, 2.45) is 0 Å². The summed E-state index contributed by atoms with van der Waals surface area (Å²) < 4.78 is 0. The molecule has 0 saturated heterocycles. The molecule has 0 spiro atoms. The van der Waals surface area contributed by atoms with Crippen LogP contribution in [0, 0.1) is 11.3 Å². The molecule has 1 aromatic carbocycles. The predicted octanol–water partition coefficient (Wildman–Crippen LogP) is 4.12. The normalized spacial score (nSPS) is 11.1. The second-order valence-corrected chi connectivity index (χ2v) is 6.64. The molecule has 20 heavy (non-hydrogen) atoms. The monoisotopic (exact) mass is 285 g/mol. The summed E-state index contributed by atoms with van der Waals surface area (Å²) in [5, 5.41) is 15.3. The van der Waals surface area contributed by atoms with Crippen molar-refractivity contribution in [3.63, 3.8) is 0 Å². The van der Waals surface area contributed by atoms with Gasteiger partial charge in [0.15, 0.2) is 0 Å². The number of nitrogens with zero attached hydrogens (tertiary/aromatic N) is 2. The van der Waals surface area contributed by atoms with Gasteiger partial charge in [-0.3, -0.25) is 0 Å². The van der Waals surface area contributed by atoms with Gasteiger partial charge in [0.1, 0.15) is 0 Å². The Morgan fingerprint density at radius 1 is 1.25 bits per heavy atom. The molecule has 2 aromatic rings. The van der Waals surface area contributed by atoms with Crippen molar-refractivity contribution in [3.05, 3.63) is 45.9 Å². The summed E-state index contributed by atoms with van der Waals surface area (Å²) >= 11 is 1.71. The summed E-state index contributed by atoms with van der Waals surface area (Å²) in [6.45, 7) is 7.26. The number of hydrogen-bond donors (Lipinski definition) is 1. The zero-order valence-corrected chi connectivity index (χ0v) is 12.9. The highest BCUT2D eigenvalue weighted by molar-refractivity contribution is 7.09. The molecule has 0 aliphatic carbocycles. The van der Waals surface area contributed by atoms with E-state index in [1.807, 2.05) is 24.3 Å². The average Bonchev–Trinajstić information content (AvgIpc) is 2.87. The molecule has 3 nitrogen and oxygen atoms in total. The van der Waals surface area contributed by atoms with Gasteiger partial charge in [0.25, 0.3) is 0 Å². The number of nitrogens with one attached hydrogen (secondary N) is 1. The van der Waals surface area contributed by atoms with E-state index in [1.165, 1.54) is 5.01 Å². The Labute approximate surface area is 124 Å². The van der Waals surface area contributed by atoms with E-state index in [0.717, 1.165) is 23.5 Å². The maximum absolute atomic E-state index is 8.64. The molecular weight excluding hydrogens is 266 g/mol. The molecule has 0 fully saturated rings. The van der Waals surface area contributed by atoms with Gasteiger partial charge in [-0.15, -0.1) is 11.3 Å². The molecule has 0 unspecified atom stereocenters. The molecule has 1 N–H and O–H groups in total. The second-order valence-electron chi connectivity index (χ2n) is 5.78. The van der Waals surface area contributed by atoms with E-state index < -0.39 is 0 Å². The third kappa shape index (κ3) is 3.82. The van der Waals surface area contributed by atoms with Crippen molar-refractivity contribution in [2.75, 3.05) is 5.32 Å². The van der Waals surface area contributed by atoms with Crippen LogP contribution in [0.15, 0.2) is 29.6 Å². The van der Waals surface area contributed by atoms with Crippen LogP contribution in [0.25, 0.3) is 0 Å². The Kier molecular flexibility index (Phi) is 4.41. The quantitative estimate of drug-likeness (QED) is 0.919. The summed E-state index contributed by atoms with van der Waals surface area (Å²) in [5.41, 5.74) is 3.28. The van der Waals surface area contributed by atoms with Crippen molar-refractivity contribution in [1.29, 1.82) is 5.26 Å². The van der Waals surface area contributed by atoms with Gasteiger partial charge in [-0.25, -0.2) is 4.98 Å². The molecule has 2 rings (SSSR count). The van der Waals surface area contributed by atoms with Crippen LogP contribution in [0.3, 0.4) is 0 Å². The third-order valence-electron chi connectivity index (χ3n) is 2.90. The molecule has 4 heteroatoms. The topological polar surface area (TPSA) is 48.7 Å². The van der Waals surface area contributed by atoms with Crippen LogP contribution in [0.5, 0.6) is 0 Å². The van der Waals surface area contributed by atoms with Crippen molar-refractivity contribution < 1.29 is 0 Å². The molecule has 0 aliphatic rings. The lowest BCUT2D eigenvalue weighted by Gasteiger charge is -2.13. The number of nitriles is 1. The number of aromatic nitrogens is 1. The van der Waals surface area contributed by atoms with Crippen molar-refractivity contribution in [1.82, 2.24) is 4.98 Å². The van der Waals surface area contributed by atoms with E-state index in [4.69, 9.17) is 5.26 Å². The zero-order valence-electron chi connectivity index (χ0n) is 12.1. The van der Waals surface area contributed by atoms with Crippen LogP contribution < -0.4 is 5.32 Å². The summed E-state index contributed by atoms with van der Waals surface area (Å²) in [4.78, 5) is 4.66. The van der Waals surface area contributed by atoms with Crippen LogP contribution in [-0.2, 0) is 18.4 Å². The maximum atomic E-state index is 8.64. The number of anilines is 1. The Morgan fingerprint density at radius 3 is 2.50 bits per heavy atom. The van der Waals surface area contributed by atoms with Crippen LogP contribution in [0.4, 0.5) is 5.69 Å². The van der Waals surface area contributed by atoms with Gasteiger partial charge in [-0.1, -0.05) is 32.9 Å². The lowest BCUT2D eigenvalue weighted by molar-refractivity contribution is 0.583. The minimum absolute atomic E-state index is 0.113. The Bertz CT molecular complexity index is 600. The fourth-order valence-electron chi connectivity index (χ4n) is 1.76. The molecule has 0 aliphatic heterocycles. The van der Waals surface area contributed by atoms with E-state index in [9.17, 15) is 0 Å². The lowest BCUT2D eigenvalue weighted by Crippen LogP contribution is -2.11. The standard InChI is InChI=1S/C16H19N3S/c1-16(2,3)15-19-14(11-20-15)10-18-13-6-4-12(5-7-13)8-9-17/h4-7,11,18H,8,10H2,1-3H3. The van der Waals surface area contributed by atoms with E-state index >= 15 is 0 Å². The highest BCUT2D eigenvalue weighted by atomic mass is 32.1. The first-order valence-electron chi connectivity index (χ1n) is 6.63. The van der Waals surface area contributed by atoms with Gasteiger partial charge in [0.2, 0.25) is 0 Å². The van der Waals surface area contributed by atoms with Gasteiger partial charge in [0, 0.05) is 16.5 Å². The molecule has 0 atom stereocenters. The predicted molar refractivity (Wildman–Crippen MR) is 83.9 cm³/mol. The number of benzene rings is 1. The number of thiazole rings is 1. The first kappa shape index (κ1) is 14.5. The van der Waals surface area contributed by atoms with Gasteiger partial charge in [-0.2, -0.15) is 5.26 Å². The van der Waals surface area contributed by atoms with Gasteiger partial charge < -0.3 is 5.32 Å². The van der Waals surface area contributed by atoms with Gasteiger partial charge in [0.05, 0.1) is 29.7 Å². The number of hydrogen-bond acceptors (Lipinski definition) is 4. The van der Waals surface area contributed by atoms with E-state index in [-0.39, 0.29) is 5.41 Å². The van der Waals surface area contributed by atoms with E-state index in [0.29, 0.717) is 6.42 Å². The first-order valence-corrected chi connectivity index (χ1v) is 7.51. The molecule has 1 aromatic heterocycles. The van der Waals surface area contributed by atoms with Gasteiger partial charge in [-0.05, 0) is 17.7 Å². The fourth-order valence-corrected chi connectivity index (χ4v) is 2.66. The molecule has 104 valence electrons. The number of rotatable bonds is 4. The highest BCUT2D eigenvalue weighted by Gasteiger charge is 2.17. The van der Waals surface area contributed by atoms with Gasteiger partial charge >= 0.3 is 0 Å². The second kappa shape index (κ2) is 6.06. The SMILES string of the molecule is CC(C)(C)c1nc(CNc2ccc(CC#N)cc2)cs1. The Hall–Kier alpha value is -1.86. The first-order chi connectivity index (χ1) is 9.49. The largest absolute Gasteiger partial charge is 0.379 e. The highest BCUT2D eigenvalue weighted by Crippen LogP contribution is 2.25. The summed E-state index contributed by atoms with van der Waals surface area (Å²) in [7, 11) is 0. The van der Waals surface area contributed by atoms with Crippen LogP contribution in [0.2, 0.25) is 0 Å². The van der Waals surface area contributed by atoms with Crippen LogP contribution in [0.1, 0.15) is 37.0 Å². The lowest BCUT2D eigenvalue weighted by atomic mass is 9.98. The molecule has 1 heterocycles. The summed E-state index contributed by atoms with van der Waals surface area (Å²) in [5.74, 6) is 0. The molecule has 0 bridgehead atoms. The Morgan fingerprint density at radius 2 is 1.95 bits per heavy atom. The smallest absolute Gasteiger partial charge is 0.0982 e. The van der Waals surface area contributed by atoms with Crippen molar-refractivity contribution in [3.8, 4) is 6.07 Å². The molecular formula is C16H19N3S. The molecule has 0 radical (unpaired) electrons. The summed E-state index contributed by atoms with van der Waals surface area (Å²) in [6, 6.07) is 10.1. The molecule has 0 saturated carbocycles.